The largest absolute Gasteiger partial charge is 0.348 e. The quantitative estimate of drug-likeness (QED) is 0.571. The number of nitrogens with zero attached hydrogens (tertiary/aromatic N) is 2. The third-order valence-electron chi connectivity index (χ3n) is 3.73. The van der Waals surface area contributed by atoms with Crippen LogP contribution in [0.3, 0.4) is 0 Å². The molecular formula is C18H11ClF5N3O. The fourth-order valence-corrected chi connectivity index (χ4v) is 2.77. The van der Waals surface area contributed by atoms with Crippen molar-refractivity contribution in [3.63, 3.8) is 0 Å². The molecule has 146 valence electrons. The monoisotopic (exact) mass is 415 g/mol. The summed E-state index contributed by atoms with van der Waals surface area (Å²) in [6, 6.07) is 6.98. The number of amides is 1. The summed E-state index contributed by atoms with van der Waals surface area (Å²) in [5, 5.41) is 5.45. The summed E-state index contributed by atoms with van der Waals surface area (Å²) in [5.74, 6) is -3.25. The average Bonchev–Trinajstić information content (AvgIpc) is 2.98. The van der Waals surface area contributed by atoms with Crippen molar-refractivity contribution in [2.45, 2.75) is 12.8 Å². The Balaban J connectivity index is 1.99. The van der Waals surface area contributed by atoms with Crippen LogP contribution in [0.4, 0.5) is 32.4 Å². The van der Waals surface area contributed by atoms with Gasteiger partial charge in [0.2, 0.25) is 6.43 Å². The van der Waals surface area contributed by atoms with E-state index in [1.165, 1.54) is 12.1 Å². The molecule has 1 amide bonds. The summed E-state index contributed by atoms with van der Waals surface area (Å²) >= 11 is 5.82. The van der Waals surface area contributed by atoms with Gasteiger partial charge >= 0.3 is 6.03 Å². The van der Waals surface area contributed by atoms with E-state index in [-0.39, 0.29) is 22.0 Å². The lowest BCUT2D eigenvalue weighted by Crippen LogP contribution is -2.22. The molecule has 3 rings (SSSR count). The minimum absolute atomic E-state index is 0.00262. The summed E-state index contributed by atoms with van der Waals surface area (Å²) in [7, 11) is 0. The highest BCUT2D eigenvalue weighted by Gasteiger charge is 2.21. The second-order valence-corrected chi connectivity index (χ2v) is 6.08. The van der Waals surface area contributed by atoms with Crippen LogP contribution < -0.4 is 5.32 Å². The molecular weight excluding hydrogens is 405 g/mol. The van der Waals surface area contributed by atoms with Crippen molar-refractivity contribution in [3.8, 4) is 11.1 Å². The molecule has 0 bridgehead atoms. The maximum Gasteiger partial charge on any atom is 0.348 e. The highest BCUT2D eigenvalue weighted by Crippen LogP contribution is 2.32. The van der Waals surface area contributed by atoms with Gasteiger partial charge in [-0.05, 0) is 35.9 Å². The van der Waals surface area contributed by atoms with E-state index in [0.717, 1.165) is 30.3 Å². The fraction of sp³-hybridized carbons (Fsp3) is 0.111. The Labute approximate surface area is 160 Å². The second-order valence-electron chi connectivity index (χ2n) is 5.69. The zero-order valence-corrected chi connectivity index (χ0v) is 14.7. The van der Waals surface area contributed by atoms with E-state index >= 15 is 0 Å². The number of hydrogen-bond acceptors (Lipinski definition) is 2. The van der Waals surface area contributed by atoms with Crippen LogP contribution in [-0.4, -0.2) is 22.2 Å². The predicted molar refractivity (Wildman–Crippen MR) is 93.1 cm³/mol. The Bertz CT molecular complexity index is 1040. The first-order valence-electron chi connectivity index (χ1n) is 7.84. The van der Waals surface area contributed by atoms with Crippen molar-refractivity contribution in [2.24, 2.45) is 0 Å². The molecule has 0 fully saturated rings. The number of carbonyl (C=O) groups excluding carboxylic acids is 1. The maximum absolute atomic E-state index is 14.4. The van der Waals surface area contributed by atoms with Crippen LogP contribution in [-0.2, 0) is 6.42 Å². The molecule has 0 aliphatic heterocycles. The van der Waals surface area contributed by atoms with Crippen molar-refractivity contribution in [2.75, 3.05) is 5.32 Å². The number of aromatic nitrogens is 2. The third kappa shape index (κ3) is 4.14. The Hall–Kier alpha value is -2.94. The smallest absolute Gasteiger partial charge is 0.303 e. The Morgan fingerprint density at radius 1 is 1.14 bits per heavy atom. The van der Waals surface area contributed by atoms with E-state index in [1.807, 2.05) is 0 Å². The van der Waals surface area contributed by atoms with Crippen molar-refractivity contribution in [3.05, 3.63) is 70.8 Å². The molecule has 1 aromatic heterocycles. The highest BCUT2D eigenvalue weighted by molar-refractivity contribution is 6.30. The highest BCUT2D eigenvalue weighted by atomic mass is 35.5. The molecule has 1 heterocycles. The van der Waals surface area contributed by atoms with Crippen molar-refractivity contribution in [1.29, 1.82) is 0 Å². The molecule has 0 aliphatic carbocycles. The van der Waals surface area contributed by atoms with Crippen LogP contribution in [0, 0.1) is 17.5 Å². The Morgan fingerprint density at radius 2 is 1.89 bits per heavy atom. The molecule has 0 spiro atoms. The van der Waals surface area contributed by atoms with E-state index in [2.05, 4.69) is 10.4 Å². The summed E-state index contributed by atoms with van der Waals surface area (Å²) in [5.41, 5.74) is -0.542. The van der Waals surface area contributed by atoms with E-state index in [4.69, 9.17) is 11.6 Å². The van der Waals surface area contributed by atoms with Gasteiger partial charge in [-0.1, -0.05) is 23.7 Å². The third-order valence-corrected chi connectivity index (χ3v) is 4.00. The van der Waals surface area contributed by atoms with Gasteiger partial charge in [-0.2, -0.15) is 9.78 Å². The van der Waals surface area contributed by atoms with E-state index < -0.39 is 42.0 Å². The molecule has 0 saturated heterocycles. The Kier molecular flexibility index (Phi) is 5.64. The fourth-order valence-electron chi connectivity index (χ4n) is 2.53. The summed E-state index contributed by atoms with van der Waals surface area (Å²) < 4.78 is 67.0. The number of benzene rings is 2. The number of hydrogen-bond donors (Lipinski definition) is 1. The zero-order chi connectivity index (χ0) is 20.4. The van der Waals surface area contributed by atoms with Gasteiger partial charge in [-0.3, -0.25) is 0 Å². The summed E-state index contributed by atoms with van der Waals surface area (Å²) in [4.78, 5) is 12.4. The van der Waals surface area contributed by atoms with E-state index in [1.54, 1.807) is 0 Å². The molecule has 4 nitrogen and oxygen atoms in total. The molecule has 2 aromatic carbocycles. The predicted octanol–water partition coefficient (Wildman–Crippen LogP) is 5.51. The molecule has 1 N–H and O–H groups in total. The lowest BCUT2D eigenvalue weighted by molar-refractivity contribution is 0.147. The van der Waals surface area contributed by atoms with E-state index in [0.29, 0.717) is 4.68 Å². The maximum atomic E-state index is 14.4. The molecule has 0 unspecified atom stereocenters. The number of alkyl halides is 2. The number of nitrogens with one attached hydrogen (secondary N) is 1. The first-order chi connectivity index (χ1) is 13.3. The van der Waals surface area contributed by atoms with Crippen LogP contribution in [0.15, 0.2) is 42.5 Å². The number of halogens is 6. The van der Waals surface area contributed by atoms with Crippen molar-refractivity contribution < 1.29 is 26.7 Å². The first kappa shape index (κ1) is 19.8. The van der Waals surface area contributed by atoms with Gasteiger partial charge in [0.05, 0.1) is 17.8 Å². The van der Waals surface area contributed by atoms with Crippen LogP contribution >= 0.6 is 11.6 Å². The summed E-state index contributed by atoms with van der Waals surface area (Å²) in [6.45, 7) is 0. The molecule has 10 heteroatoms. The van der Waals surface area contributed by atoms with Gasteiger partial charge in [0, 0.05) is 5.56 Å². The Morgan fingerprint density at radius 3 is 2.57 bits per heavy atom. The molecule has 0 saturated carbocycles. The van der Waals surface area contributed by atoms with Crippen LogP contribution in [0.5, 0.6) is 0 Å². The minimum Gasteiger partial charge on any atom is -0.303 e. The lowest BCUT2D eigenvalue weighted by atomic mass is 10.0. The molecule has 28 heavy (non-hydrogen) atoms. The summed E-state index contributed by atoms with van der Waals surface area (Å²) in [6.07, 6.45) is -3.44. The van der Waals surface area contributed by atoms with Gasteiger partial charge in [0.1, 0.15) is 11.0 Å². The van der Waals surface area contributed by atoms with Gasteiger partial charge in [0.15, 0.2) is 11.6 Å². The van der Waals surface area contributed by atoms with Gasteiger partial charge in [-0.25, -0.2) is 26.7 Å². The molecule has 0 atom stereocenters. The van der Waals surface area contributed by atoms with E-state index in [9.17, 15) is 26.7 Å². The molecule has 0 radical (unpaired) electrons. The van der Waals surface area contributed by atoms with Gasteiger partial charge in [0.25, 0.3) is 0 Å². The van der Waals surface area contributed by atoms with Crippen molar-refractivity contribution >= 4 is 23.3 Å². The normalized spacial score (nSPS) is 11.1. The van der Waals surface area contributed by atoms with Crippen LogP contribution in [0.2, 0.25) is 5.15 Å². The standard InChI is InChI=1S/C18H11ClF5N3O/c19-14-7-11(8-15(22)23)26-27(14)18(28)25-17-12(4-5-13(21)16(17)24)9-2-1-3-10(20)6-9/h1-7,15H,8H2,(H,25,28). The number of rotatable bonds is 4. The second kappa shape index (κ2) is 7.97. The number of carbonyl (C=O) groups is 1. The first-order valence-corrected chi connectivity index (χ1v) is 8.22. The van der Waals surface area contributed by atoms with Crippen molar-refractivity contribution in [1.82, 2.24) is 9.78 Å². The minimum atomic E-state index is -2.71. The molecule has 3 aromatic rings. The topological polar surface area (TPSA) is 46.9 Å². The molecule has 0 aliphatic rings. The van der Waals surface area contributed by atoms with Gasteiger partial charge < -0.3 is 5.32 Å². The van der Waals surface area contributed by atoms with Crippen LogP contribution in [0.1, 0.15) is 5.69 Å². The zero-order valence-electron chi connectivity index (χ0n) is 13.9. The average molecular weight is 416 g/mol. The van der Waals surface area contributed by atoms with Crippen LogP contribution in [0.25, 0.3) is 11.1 Å². The SMILES string of the molecule is O=C(Nc1c(-c2cccc(F)c2)ccc(F)c1F)n1nc(CC(F)F)cc1Cl. The number of anilines is 1. The van der Waals surface area contributed by atoms with Gasteiger partial charge in [-0.15, -0.1) is 0 Å². The lowest BCUT2D eigenvalue weighted by Gasteiger charge is -2.13.